The van der Waals surface area contributed by atoms with Crippen LogP contribution in [0.5, 0.6) is 5.75 Å². The Morgan fingerprint density at radius 2 is 2.10 bits per heavy atom. The fraction of sp³-hybridized carbons (Fsp3) is 0.500. The van der Waals surface area contributed by atoms with Crippen molar-refractivity contribution in [1.29, 1.82) is 0 Å². The van der Waals surface area contributed by atoms with Gasteiger partial charge in [0.05, 0.1) is 11.7 Å². The van der Waals surface area contributed by atoms with Gasteiger partial charge in [0, 0.05) is 18.1 Å². The SMILES string of the molecule is Cl.NCCNC(=O)c1cc(Cl)ccc1OC1CCCC1. The molecule has 2 rings (SSSR count). The summed E-state index contributed by atoms with van der Waals surface area (Å²) in [4.78, 5) is 12.0. The van der Waals surface area contributed by atoms with Gasteiger partial charge in [-0.05, 0) is 43.9 Å². The van der Waals surface area contributed by atoms with Crippen LogP contribution in [0.4, 0.5) is 0 Å². The number of hydrogen-bond acceptors (Lipinski definition) is 3. The minimum absolute atomic E-state index is 0. The molecule has 20 heavy (non-hydrogen) atoms. The van der Waals surface area contributed by atoms with Gasteiger partial charge in [-0.1, -0.05) is 11.6 Å². The lowest BCUT2D eigenvalue weighted by Crippen LogP contribution is -2.29. The lowest BCUT2D eigenvalue weighted by Gasteiger charge is -2.16. The molecule has 0 saturated heterocycles. The average molecular weight is 319 g/mol. The number of halogens is 2. The molecular formula is C14H20Cl2N2O2. The van der Waals surface area contributed by atoms with Gasteiger partial charge in [-0.3, -0.25) is 4.79 Å². The number of nitrogens with one attached hydrogen (secondary N) is 1. The third-order valence-electron chi connectivity index (χ3n) is 3.21. The quantitative estimate of drug-likeness (QED) is 0.877. The van der Waals surface area contributed by atoms with Crippen molar-refractivity contribution >= 4 is 29.9 Å². The zero-order valence-corrected chi connectivity index (χ0v) is 12.8. The monoisotopic (exact) mass is 318 g/mol. The molecule has 1 aliphatic rings. The summed E-state index contributed by atoms with van der Waals surface area (Å²) in [6, 6.07) is 5.14. The molecule has 0 heterocycles. The van der Waals surface area contributed by atoms with Gasteiger partial charge in [-0.15, -0.1) is 12.4 Å². The number of ether oxygens (including phenoxy) is 1. The summed E-state index contributed by atoms with van der Waals surface area (Å²) in [6.45, 7) is 0.847. The molecule has 0 bridgehead atoms. The number of nitrogens with two attached hydrogens (primary N) is 1. The number of carbonyl (C=O) groups excluding carboxylic acids is 1. The van der Waals surface area contributed by atoms with Gasteiger partial charge in [0.15, 0.2) is 0 Å². The highest BCUT2D eigenvalue weighted by Crippen LogP contribution is 2.28. The van der Waals surface area contributed by atoms with Crippen molar-refractivity contribution < 1.29 is 9.53 Å². The molecule has 3 N–H and O–H groups in total. The van der Waals surface area contributed by atoms with E-state index in [1.807, 2.05) is 0 Å². The van der Waals surface area contributed by atoms with E-state index in [0.717, 1.165) is 12.8 Å². The Labute approximate surface area is 130 Å². The summed E-state index contributed by atoms with van der Waals surface area (Å²) in [5, 5.41) is 3.26. The maximum Gasteiger partial charge on any atom is 0.255 e. The molecule has 1 fully saturated rings. The van der Waals surface area contributed by atoms with E-state index in [-0.39, 0.29) is 24.4 Å². The van der Waals surface area contributed by atoms with Crippen molar-refractivity contribution in [3.8, 4) is 5.75 Å². The van der Waals surface area contributed by atoms with Gasteiger partial charge in [-0.25, -0.2) is 0 Å². The van der Waals surface area contributed by atoms with E-state index in [2.05, 4.69) is 5.32 Å². The van der Waals surface area contributed by atoms with Crippen LogP contribution < -0.4 is 15.8 Å². The van der Waals surface area contributed by atoms with Crippen LogP contribution >= 0.6 is 24.0 Å². The van der Waals surface area contributed by atoms with Gasteiger partial charge in [0.2, 0.25) is 0 Å². The van der Waals surface area contributed by atoms with E-state index in [1.165, 1.54) is 12.8 Å². The molecule has 1 aromatic rings. The zero-order chi connectivity index (χ0) is 13.7. The van der Waals surface area contributed by atoms with E-state index in [0.29, 0.717) is 29.4 Å². The van der Waals surface area contributed by atoms with Crippen LogP contribution in [-0.4, -0.2) is 25.1 Å². The number of hydrogen-bond donors (Lipinski definition) is 2. The maximum absolute atomic E-state index is 12.0. The molecule has 0 unspecified atom stereocenters. The summed E-state index contributed by atoms with van der Waals surface area (Å²) in [5.74, 6) is 0.409. The first-order chi connectivity index (χ1) is 9.20. The molecule has 0 aromatic heterocycles. The van der Waals surface area contributed by atoms with Crippen molar-refractivity contribution in [2.75, 3.05) is 13.1 Å². The van der Waals surface area contributed by atoms with E-state index in [9.17, 15) is 4.79 Å². The zero-order valence-electron chi connectivity index (χ0n) is 11.2. The van der Waals surface area contributed by atoms with Crippen LogP contribution in [0, 0.1) is 0 Å². The first-order valence-electron chi connectivity index (χ1n) is 6.65. The maximum atomic E-state index is 12.0. The summed E-state index contributed by atoms with van der Waals surface area (Å²) in [6.07, 6.45) is 4.68. The Morgan fingerprint density at radius 3 is 2.75 bits per heavy atom. The van der Waals surface area contributed by atoms with Crippen molar-refractivity contribution in [1.82, 2.24) is 5.32 Å². The molecule has 0 aliphatic heterocycles. The second kappa shape index (κ2) is 8.35. The Hall–Kier alpha value is -0.970. The van der Waals surface area contributed by atoms with Crippen molar-refractivity contribution in [2.45, 2.75) is 31.8 Å². The smallest absolute Gasteiger partial charge is 0.255 e. The Kier molecular flexibility index (Phi) is 7.13. The standard InChI is InChI=1S/C14H19ClN2O2.ClH/c15-10-5-6-13(19-11-3-1-2-4-11)12(9-10)14(18)17-8-7-16;/h5-6,9,11H,1-4,7-8,16H2,(H,17,18);1H. The first-order valence-corrected chi connectivity index (χ1v) is 7.03. The van der Waals surface area contributed by atoms with Gasteiger partial charge in [0.25, 0.3) is 5.91 Å². The number of amides is 1. The van der Waals surface area contributed by atoms with Gasteiger partial charge >= 0.3 is 0 Å². The normalized spacial score (nSPS) is 14.7. The first kappa shape index (κ1) is 17.1. The van der Waals surface area contributed by atoms with Crippen LogP contribution in [0.25, 0.3) is 0 Å². The molecule has 0 spiro atoms. The molecular weight excluding hydrogens is 299 g/mol. The molecule has 1 saturated carbocycles. The minimum Gasteiger partial charge on any atom is -0.490 e. The summed E-state index contributed by atoms with van der Waals surface area (Å²) in [7, 11) is 0. The summed E-state index contributed by atoms with van der Waals surface area (Å²) >= 11 is 5.95. The average Bonchev–Trinajstić information content (AvgIpc) is 2.91. The third kappa shape index (κ3) is 4.54. The third-order valence-corrected chi connectivity index (χ3v) is 3.45. The van der Waals surface area contributed by atoms with Crippen LogP contribution in [0.3, 0.4) is 0 Å². The van der Waals surface area contributed by atoms with Crippen LogP contribution in [0.1, 0.15) is 36.0 Å². The summed E-state index contributed by atoms with van der Waals surface area (Å²) < 4.78 is 5.91. The van der Waals surface area contributed by atoms with E-state index in [1.54, 1.807) is 18.2 Å². The Morgan fingerprint density at radius 1 is 1.40 bits per heavy atom. The lowest BCUT2D eigenvalue weighted by atomic mass is 10.1. The highest BCUT2D eigenvalue weighted by Gasteiger charge is 2.20. The number of benzene rings is 1. The van der Waals surface area contributed by atoms with Crippen LogP contribution in [0.2, 0.25) is 5.02 Å². The second-order valence-corrected chi connectivity index (χ2v) is 5.15. The molecule has 0 radical (unpaired) electrons. The second-order valence-electron chi connectivity index (χ2n) is 4.71. The Bertz CT molecular complexity index is 449. The fourth-order valence-corrected chi connectivity index (χ4v) is 2.42. The highest BCUT2D eigenvalue weighted by molar-refractivity contribution is 6.31. The molecule has 6 heteroatoms. The molecule has 112 valence electrons. The topological polar surface area (TPSA) is 64.3 Å². The van der Waals surface area contributed by atoms with Gasteiger partial charge in [0.1, 0.15) is 5.75 Å². The fourth-order valence-electron chi connectivity index (χ4n) is 2.25. The highest BCUT2D eigenvalue weighted by atomic mass is 35.5. The predicted octanol–water partition coefficient (Wildman–Crippen LogP) is 2.77. The van der Waals surface area contributed by atoms with E-state index in [4.69, 9.17) is 22.1 Å². The molecule has 1 aliphatic carbocycles. The van der Waals surface area contributed by atoms with Crippen molar-refractivity contribution in [3.05, 3.63) is 28.8 Å². The molecule has 4 nitrogen and oxygen atoms in total. The van der Waals surface area contributed by atoms with E-state index >= 15 is 0 Å². The van der Waals surface area contributed by atoms with Gasteiger partial charge < -0.3 is 15.8 Å². The van der Waals surface area contributed by atoms with Crippen LogP contribution in [-0.2, 0) is 0 Å². The van der Waals surface area contributed by atoms with Gasteiger partial charge in [-0.2, -0.15) is 0 Å². The Balaban J connectivity index is 0.00000200. The predicted molar refractivity (Wildman–Crippen MR) is 83.0 cm³/mol. The largest absolute Gasteiger partial charge is 0.490 e. The molecule has 0 atom stereocenters. The van der Waals surface area contributed by atoms with E-state index < -0.39 is 0 Å². The van der Waals surface area contributed by atoms with Crippen molar-refractivity contribution in [2.24, 2.45) is 5.73 Å². The molecule has 1 aromatic carbocycles. The lowest BCUT2D eigenvalue weighted by molar-refractivity contribution is 0.0947. The molecule has 1 amide bonds. The number of carbonyl (C=O) groups is 1. The van der Waals surface area contributed by atoms with Crippen molar-refractivity contribution in [3.63, 3.8) is 0 Å². The summed E-state index contributed by atoms with van der Waals surface area (Å²) in [5.41, 5.74) is 5.86. The van der Waals surface area contributed by atoms with Crippen LogP contribution in [0.15, 0.2) is 18.2 Å². The minimum atomic E-state index is -0.194. The number of rotatable bonds is 5.